The molecule has 28 heavy (non-hydrogen) atoms. The Morgan fingerprint density at radius 1 is 1.07 bits per heavy atom. The first kappa shape index (κ1) is 17.8. The molecule has 0 radical (unpaired) electrons. The van der Waals surface area contributed by atoms with Crippen LogP contribution in [0.4, 0.5) is 8.78 Å². The lowest BCUT2D eigenvalue weighted by Crippen LogP contribution is -2.01. The maximum atomic E-state index is 14.0. The molecule has 4 aromatic rings. The molecule has 0 saturated carbocycles. The van der Waals surface area contributed by atoms with E-state index in [9.17, 15) is 13.6 Å². The van der Waals surface area contributed by atoms with E-state index in [1.165, 1.54) is 19.2 Å². The molecule has 0 atom stereocenters. The Balaban J connectivity index is 1.73. The molecule has 140 valence electrons. The molecule has 0 saturated heterocycles. The van der Waals surface area contributed by atoms with Crippen molar-refractivity contribution in [1.82, 2.24) is 14.6 Å². The van der Waals surface area contributed by atoms with Gasteiger partial charge in [-0.25, -0.2) is 13.6 Å². The smallest absolute Gasteiger partial charge is 0.337 e. The van der Waals surface area contributed by atoms with Gasteiger partial charge in [0, 0.05) is 24.2 Å². The normalized spacial score (nSPS) is 11.0. The number of rotatable bonds is 4. The monoisotopic (exact) mass is 379 g/mol. The number of carbonyl (C=O) groups is 1. The van der Waals surface area contributed by atoms with Crippen LogP contribution in [0.2, 0.25) is 0 Å². The van der Waals surface area contributed by atoms with Crippen molar-refractivity contribution in [3.8, 4) is 11.4 Å². The highest BCUT2D eigenvalue weighted by molar-refractivity contribution is 5.90. The molecule has 4 rings (SSSR count). The summed E-state index contributed by atoms with van der Waals surface area (Å²) in [5.74, 6) is -1.09. The topological polar surface area (TPSA) is 56.5 Å². The number of fused-ring (bicyclic) bond motifs is 1. The Bertz CT molecular complexity index is 1190. The van der Waals surface area contributed by atoms with Gasteiger partial charge < -0.3 is 4.74 Å². The summed E-state index contributed by atoms with van der Waals surface area (Å²) in [4.78, 5) is 11.8. The Kier molecular flexibility index (Phi) is 4.57. The van der Waals surface area contributed by atoms with E-state index in [1.807, 2.05) is 12.1 Å². The third-order valence-electron chi connectivity index (χ3n) is 4.42. The van der Waals surface area contributed by atoms with Gasteiger partial charge in [-0.2, -0.15) is 0 Å². The number of esters is 1. The number of pyridine rings is 1. The molecule has 5 nitrogen and oxygen atoms in total. The molecule has 0 bridgehead atoms. The van der Waals surface area contributed by atoms with E-state index < -0.39 is 17.6 Å². The second-order valence-corrected chi connectivity index (χ2v) is 6.27. The standard InChI is InChI=1S/C21H15F2N3O2/c1-28-21(27)16-4-2-3-15(10-16)20-25-24-19-8-5-13(12-26(19)20)9-14-6-7-17(22)11-18(14)23/h2-8,10-12H,9H2,1H3. The van der Waals surface area contributed by atoms with Crippen LogP contribution in [0.3, 0.4) is 0 Å². The van der Waals surface area contributed by atoms with Gasteiger partial charge in [0.2, 0.25) is 0 Å². The molecule has 0 aliphatic carbocycles. The summed E-state index contributed by atoms with van der Waals surface area (Å²) >= 11 is 0. The van der Waals surface area contributed by atoms with Crippen LogP contribution in [0, 0.1) is 11.6 Å². The maximum absolute atomic E-state index is 14.0. The van der Waals surface area contributed by atoms with Gasteiger partial charge in [0.05, 0.1) is 12.7 Å². The number of halogens is 2. The minimum absolute atomic E-state index is 0.294. The van der Waals surface area contributed by atoms with Crippen molar-refractivity contribution < 1.29 is 18.3 Å². The zero-order valence-electron chi connectivity index (χ0n) is 14.9. The number of ether oxygens (including phenoxy) is 1. The molecule has 0 unspecified atom stereocenters. The molecular weight excluding hydrogens is 364 g/mol. The predicted octanol–water partition coefficient (Wildman–Crippen LogP) is 4.05. The van der Waals surface area contributed by atoms with Crippen LogP contribution in [0.5, 0.6) is 0 Å². The molecule has 2 aromatic heterocycles. The maximum Gasteiger partial charge on any atom is 0.337 e. The Hall–Kier alpha value is -3.61. The average molecular weight is 379 g/mol. The van der Waals surface area contributed by atoms with E-state index in [0.717, 1.165) is 11.6 Å². The van der Waals surface area contributed by atoms with E-state index in [1.54, 1.807) is 34.9 Å². The van der Waals surface area contributed by atoms with Crippen LogP contribution in [-0.4, -0.2) is 27.7 Å². The average Bonchev–Trinajstić information content (AvgIpc) is 3.13. The first-order valence-corrected chi connectivity index (χ1v) is 8.51. The first-order valence-electron chi connectivity index (χ1n) is 8.51. The van der Waals surface area contributed by atoms with Gasteiger partial charge in [0.25, 0.3) is 0 Å². The summed E-state index contributed by atoms with van der Waals surface area (Å²) in [6, 6.07) is 14.0. The molecule has 2 heterocycles. The van der Waals surface area contributed by atoms with Crippen molar-refractivity contribution in [2.24, 2.45) is 0 Å². The van der Waals surface area contributed by atoms with Crippen molar-refractivity contribution in [1.29, 1.82) is 0 Å². The molecule has 0 N–H and O–H groups in total. The highest BCUT2D eigenvalue weighted by atomic mass is 19.1. The van der Waals surface area contributed by atoms with Crippen LogP contribution in [0.1, 0.15) is 21.5 Å². The summed E-state index contributed by atoms with van der Waals surface area (Å²) in [5.41, 5.74) is 2.91. The van der Waals surface area contributed by atoms with Gasteiger partial charge in [0.15, 0.2) is 11.5 Å². The van der Waals surface area contributed by atoms with E-state index in [2.05, 4.69) is 10.2 Å². The lowest BCUT2D eigenvalue weighted by atomic mass is 10.1. The zero-order chi connectivity index (χ0) is 19.7. The van der Waals surface area contributed by atoms with E-state index in [0.29, 0.717) is 34.6 Å². The van der Waals surface area contributed by atoms with Crippen LogP contribution >= 0.6 is 0 Å². The van der Waals surface area contributed by atoms with Crippen LogP contribution < -0.4 is 0 Å². The van der Waals surface area contributed by atoms with Gasteiger partial charge >= 0.3 is 5.97 Å². The summed E-state index contributed by atoms with van der Waals surface area (Å²) in [6.07, 6.45) is 2.10. The van der Waals surface area contributed by atoms with Gasteiger partial charge in [-0.15, -0.1) is 10.2 Å². The number of hydrogen-bond acceptors (Lipinski definition) is 4. The Morgan fingerprint density at radius 2 is 1.93 bits per heavy atom. The summed E-state index contributed by atoms with van der Waals surface area (Å²) in [6.45, 7) is 0. The fraction of sp³-hybridized carbons (Fsp3) is 0.0952. The van der Waals surface area contributed by atoms with Crippen molar-refractivity contribution in [3.63, 3.8) is 0 Å². The number of nitrogens with zero attached hydrogens (tertiary/aromatic N) is 3. The van der Waals surface area contributed by atoms with Crippen LogP contribution in [0.15, 0.2) is 60.8 Å². The minimum Gasteiger partial charge on any atom is -0.465 e. The SMILES string of the molecule is COC(=O)c1cccc(-c2nnc3ccc(Cc4ccc(F)cc4F)cn23)c1. The highest BCUT2D eigenvalue weighted by Crippen LogP contribution is 2.22. The summed E-state index contributed by atoms with van der Waals surface area (Å²) < 4.78 is 33.6. The summed E-state index contributed by atoms with van der Waals surface area (Å²) in [7, 11) is 1.32. The molecule has 0 aliphatic rings. The predicted molar refractivity (Wildman–Crippen MR) is 98.9 cm³/mol. The minimum atomic E-state index is -0.608. The quantitative estimate of drug-likeness (QED) is 0.502. The number of carbonyl (C=O) groups excluding carboxylic acids is 1. The molecule has 0 amide bonds. The fourth-order valence-corrected chi connectivity index (χ4v) is 3.02. The van der Waals surface area contributed by atoms with Gasteiger partial charge in [-0.05, 0) is 35.4 Å². The van der Waals surface area contributed by atoms with Gasteiger partial charge in [0.1, 0.15) is 11.6 Å². The molecule has 7 heteroatoms. The van der Waals surface area contributed by atoms with Gasteiger partial charge in [-0.1, -0.05) is 24.3 Å². The van der Waals surface area contributed by atoms with Crippen molar-refractivity contribution in [3.05, 3.63) is 89.1 Å². The zero-order valence-corrected chi connectivity index (χ0v) is 14.9. The second-order valence-electron chi connectivity index (χ2n) is 6.27. The Morgan fingerprint density at radius 3 is 2.71 bits per heavy atom. The first-order chi connectivity index (χ1) is 13.5. The molecule has 2 aromatic carbocycles. The molecule has 0 aliphatic heterocycles. The van der Waals surface area contributed by atoms with Crippen LogP contribution in [-0.2, 0) is 11.2 Å². The van der Waals surface area contributed by atoms with Gasteiger partial charge in [-0.3, -0.25) is 4.40 Å². The number of aromatic nitrogens is 3. The van der Waals surface area contributed by atoms with Crippen molar-refractivity contribution in [2.45, 2.75) is 6.42 Å². The largest absolute Gasteiger partial charge is 0.465 e. The van der Waals surface area contributed by atoms with Crippen LogP contribution in [0.25, 0.3) is 17.0 Å². The van der Waals surface area contributed by atoms with E-state index in [-0.39, 0.29) is 0 Å². The molecular formula is C21H15F2N3O2. The van der Waals surface area contributed by atoms with E-state index >= 15 is 0 Å². The number of methoxy groups -OCH3 is 1. The second kappa shape index (κ2) is 7.19. The lowest BCUT2D eigenvalue weighted by molar-refractivity contribution is 0.0601. The van der Waals surface area contributed by atoms with Crippen molar-refractivity contribution in [2.75, 3.05) is 7.11 Å². The lowest BCUT2D eigenvalue weighted by Gasteiger charge is -2.07. The van der Waals surface area contributed by atoms with Crippen molar-refractivity contribution >= 4 is 11.6 Å². The molecule has 0 spiro atoms. The Labute approximate surface area is 159 Å². The van der Waals surface area contributed by atoms with E-state index in [4.69, 9.17) is 4.74 Å². The highest BCUT2D eigenvalue weighted by Gasteiger charge is 2.13. The third-order valence-corrected chi connectivity index (χ3v) is 4.42. The fourth-order valence-electron chi connectivity index (χ4n) is 3.02. The molecule has 0 fully saturated rings. The third kappa shape index (κ3) is 3.34. The summed E-state index contributed by atoms with van der Waals surface area (Å²) in [5, 5.41) is 8.35. The number of benzene rings is 2. The number of hydrogen-bond donors (Lipinski definition) is 0.